The zero-order valence-electron chi connectivity index (χ0n) is 19.3. The summed E-state index contributed by atoms with van der Waals surface area (Å²) in [7, 11) is -0.316. The van der Waals surface area contributed by atoms with Crippen molar-refractivity contribution in [3.63, 3.8) is 0 Å². The van der Waals surface area contributed by atoms with Gasteiger partial charge in [-0.3, -0.25) is 0 Å². The molecule has 166 valence electrons. The van der Waals surface area contributed by atoms with Crippen molar-refractivity contribution in [3.05, 3.63) is 145 Å². The van der Waals surface area contributed by atoms with Gasteiger partial charge < -0.3 is 4.74 Å². The maximum absolute atomic E-state index is 5.43. The number of hydrogen-bond acceptors (Lipinski definition) is 1. The van der Waals surface area contributed by atoms with Gasteiger partial charge >= 0.3 is 0 Å². The molecule has 0 spiro atoms. The zero-order valence-corrected chi connectivity index (χ0v) is 20.2. The second-order valence-corrected chi connectivity index (χ2v) is 11.8. The van der Waals surface area contributed by atoms with Gasteiger partial charge in [-0.15, -0.1) is 0 Å². The van der Waals surface area contributed by atoms with Crippen LogP contribution in [0.4, 0.5) is 0 Å². The highest BCUT2D eigenvalue weighted by molar-refractivity contribution is 7.95. The van der Waals surface area contributed by atoms with E-state index in [1.54, 1.807) is 7.11 Å². The van der Waals surface area contributed by atoms with Crippen LogP contribution in [0.1, 0.15) is 5.56 Å². The van der Waals surface area contributed by atoms with Gasteiger partial charge in [0.05, 0.1) is 13.3 Å². The predicted octanol–water partition coefficient (Wildman–Crippen LogP) is 6.86. The summed E-state index contributed by atoms with van der Waals surface area (Å²) in [6, 6.07) is 50.5. The molecule has 5 aromatic carbocycles. The molecular formula is C32H28OP+. The average Bonchev–Trinajstić information content (AvgIpc) is 2.93. The quantitative estimate of drug-likeness (QED) is 0.242. The van der Waals surface area contributed by atoms with Crippen molar-refractivity contribution < 1.29 is 4.74 Å². The molecule has 2 heteroatoms. The molecule has 0 unspecified atom stereocenters. The van der Waals surface area contributed by atoms with Crippen LogP contribution in [0.25, 0.3) is 11.1 Å². The summed E-state index contributed by atoms with van der Waals surface area (Å²) in [4.78, 5) is 0. The van der Waals surface area contributed by atoms with E-state index >= 15 is 0 Å². The van der Waals surface area contributed by atoms with Gasteiger partial charge in [0.2, 0.25) is 0 Å². The Morgan fingerprint density at radius 1 is 0.529 bits per heavy atom. The lowest BCUT2D eigenvalue weighted by Crippen LogP contribution is -2.33. The fourth-order valence-corrected chi connectivity index (χ4v) is 9.20. The lowest BCUT2D eigenvalue weighted by atomic mass is 10.1. The molecule has 0 saturated carbocycles. The van der Waals surface area contributed by atoms with Gasteiger partial charge in [-0.25, -0.2) is 0 Å². The summed E-state index contributed by atoms with van der Waals surface area (Å²) < 4.78 is 5.43. The minimum Gasteiger partial charge on any atom is -0.497 e. The van der Waals surface area contributed by atoms with Gasteiger partial charge in [-0.05, 0) is 53.6 Å². The fraction of sp³-hybridized carbons (Fsp3) is 0.0625. The van der Waals surface area contributed by atoms with E-state index in [1.807, 2.05) is 0 Å². The van der Waals surface area contributed by atoms with Crippen molar-refractivity contribution in [1.29, 1.82) is 0 Å². The monoisotopic (exact) mass is 459 g/mol. The van der Waals surface area contributed by atoms with Gasteiger partial charge in [-0.2, -0.15) is 0 Å². The summed E-state index contributed by atoms with van der Waals surface area (Å²) in [6.45, 7) is 0. The van der Waals surface area contributed by atoms with Crippen LogP contribution in [0.15, 0.2) is 140 Å². The molecule has 0 bridgehead atoms. The molecule has 0 aliphatic carbocycles. The van der Waals surface area contributed by atoms with E-state index in [4.69, 9.17) is 4.74 Å². The minimum absolute atomic E-state index is 0.873. The summed E-state index contributed by atoms with van der Waals surface area (Å²) in [5.41, 5.74) is 3.84. The molecule has 5 aromatic rings. The molecule has 0 N–H and O–H groups in total. The van der Waals surface area contributed by atoms with E-state index in [0.29, 0.717) is 0 Å². The van der Waals surface area contributed by atoms with E-state index in [0.717, 1.165) is 11.9 Å². The molecule has 34 heavy (non-hydrogen) atoms. The number of methoxy groups -OCH3 is 1. The molecule has 0 atom stereocenters. The Bertz CT molecular complexity index is 1290. The van der Waals surface area contributed by atoms with Crippen molar-refractivity contribution >= 4 is 23.2 Å². The Balaban J connectivity index is 1.82. The third-order valence-electron chi connectivity index (χ3n) is 6.37. The van der Waals surface area contributed by atoms with Crippen LogP contribution in [0, 0.1) is 0 Å². The normalized spacial score (nSPS) is 11.2. The van der Waals surface area contributed by atoms with Crippen molar-refractivity contribution in [3.8, 4) is 16.9 Å². The standard InChI is InChI=1S/C32H28OP/c1-33-28-23-21-27(22-24-28)31-19-11-12-20-32(31)34(29-15-7-3-8-16-29,30-17-9-4-10-18-30)25-26-13-5-2-6-14-26/h2-24H,25H2,1H3/q+1. The largest absolute Gasteiger partial charge is 0.497 e. The number of benzene rings is 5. The Kier molecular flexibility index (Phi) is 6.56. The Morgan fingerprint density at radius 3 is 1.59 bits per heavy atom. The number of ether oxygens (including phenoxy) is 1. The van der Waals surface area contributed by atoms with Crippen molar-refractivity contribution in [1.82, 2.24) is 0 Å². The molecule has 0 aliphatic rings. The highest BCUT2D eigenvalue weighted by Gasteiger charge is 2.47. The van der Waals surface area contributed by atoms with Crippen LogP contribution in [-0.2, 0) is 6.16 Å². The van der Waals surface area contributed by atoms with E-state index < -0.39 is 7.26 Å². The lowest BCUT2D eigenvalue weighted by molar-refractivity contribution is 0.415. The molecule has 0 aromatic heterocycles. The maximum atomic E-state index is 5.43. The van der Waals surface area contributed by atoms with E-state index in [9.17, 15) is 0 Å². The minimum atomic E-state index is -2.03. The summed E-state index contributed by atoms with van der Waals surface area (Å²) in [6.07, 6.45) is 0.967. The average molecular weight is 460 g/mol. The lowest BCUT2D eigenvalue weighted by Gasteiger charge is -2.29. The number of rotatable bonds is 7. The first-order chi connectivity index (χ1) is 16.8. The van der Waals surface area contributed by atoms with Crippen LogP contribution in [0.2, 0.25) is 0 Å². The van der Waals surface area contributed by atoms with Crippen molar-refractivity contribution in [2.24, 2.45) is 0 Å². The Morgan fingerprint density at radius 2 is 1.03 bits per heavy atom. The van der Waals surface area contributed by atoms with Crippen LogP contribution in [-0.4, -0.2) is 7.11 Å². The van der Waals surface area contributed by atoms with E-state index in [-0.39, 0.29) is 0 Å². The molecule has 0 saturated heterocycles. The van der Waals surface area contributed by atoms with Crippen LogP contribution < -0.4 is 20.7 Å². The maximum Gasteiger partial charge on any atom is 0.118 e. The molecule has 5 rings (SSSR count). The van der Waals surface area contributed by atoms with Crippen molar-refractivity contribution in [2.75, 3.05) is 7.11 Å². The van der Waals surface area contributed by atoms with Crippen LogP contribution in [0.3, 0.4) is 0 Å². The zero-order chi connectivity index (χ0) is 23.2. The Hall–Kier alpha value is -3.67. The molecule has 0 fully saturated rings. The van der Waals surface area contributed by atoms with E-state index in [2.05, 4.69) is 140 Å². The fourth-order valence-electron chi connectivity index (χ4n) is 4.74. The number of hydrogen-bond donors (Lipinski definition) is 0. The molecule has 0 radical (unpaired) electrons. The van der Waals surface area contributed by atoms with Gasteiger partial charge in [0, 0.05) is 5.56 Å². The molecule has 0 amide bonds. The van der Waals surface area contributed by atoms with E-state index in [1.165, 1.54) is 32.6 Å². The third-order valence-corrected chi connectivity index (χ3v) is 10.8. The first kappa shape index (κ1) is 22.1. The molecule has 0 aliphatic heterocycles. The smallest absolute Gasteiger partial charge is 0.118 e. The first-order valence-electron chi connectivity index (χ1n) is 11.6. The van der Waals surface area contributed by atoms with Crippen LogP contribution >= 0.6 is 7.26 Å². The summed E-state index contributed by atoms with van der Waals surface area (Å²) >= 11 is 0. The topological polar surface area (TPSA) is 9.23 Å². The second-order valence-electron chi connectivity index (χ2n) is 8.37. The summed E-state index contributed by atoms with van der Waals surface area (Å²) in [5.74, 6) is 0.873. The third kappa shape index (κ3) is 4.28. The predicted molar refractivity (Wildman–Crippen MR) is 147 cm³/mol. The molecular weight excluding hydrogens is 431 g/mol. The van der Waals surface area contributed by atoms with Gasteiger partial charge in [0.25, 0.3) is 0 Å². The SMILES string of the molecule is COc1ccc(-c2ccccc2[P+](Cc2ccccc2)(c2ccccc2)c2ccccc2)cc1. The van der Waals surface area contributed by atoms with Crippen molar-refractivity contribution in [2.45, 2.75) is 6.16 Å². The first-order valence-corrected chi connectivity index (χ1v) is 13.6. The highest BCUT2D eigenvalue weighted by Crippen LogP contribution is 2.59. The van der Waals surface area contributed by atoms with Gasteiger partial charge in [0.15, 0.2) is 0 Å². The Labute approximate surface area is 203 Å². The van der Waals surface area contributed by atoms with Crippen LogP contribution in [0.5, 0.6) is 5.75 Å². The van der Waals surface area contributed by atoms with Gasteiger partial charge in [0.1, 0.15) is 28.9 Å². The second kappa shape index (κ2) is 10.1. The molecule has 0 heterocycles. The summed E-state index contributed by atoms with van der Waals surface area (Å²) in [5, 5.41) is 4.19. The highest BCUT2D eigenvalue weighted by atomic mass is 31.2. The molecule has 1 nitrogen and oxygen atoms in total. The van der Waals surface area contributed by atoms with Gasteiger partial charge in [-0.1, -0.05) is 97.1 Å².